The molecule has 1 aromatic heterocycles. The maximum atomic E-state index is 11.8. The first-order valence-corrected chi connectivity index (χ1v) is 7.80. The first-order chi connectivity index (χ1) is 8.56. The van der Waals surface area contributed by atoms with Crippen LogP contribution in [0.25, 0.3) is 0 Å². The number of nitrogens with one attached hydrogen (secondary N) is 1. The molecule has 7 heteroatoms. The summed E-state index contributed by atoms with van der Waals surface area (Å²) in [5, 5.41) is 4.13. The monoisotopic (exact) mass is 270 g/mol. The third-order valence-corrected chi connectivity index (χ3v) is 5.45. The maximum Gasteiger partial charge on any atom is 0.214 e. The van der Waals surface area contributed by atoms with Crippen LogP contribution in [0.4, 0.5) is 0 Å². The molecule has 18 heavy (non-hydrogen) atoms. The van der Waals surface area contributed by atoms with Gasteiger partial charge in [0.25, 0.3) is 0 Å². The number of nitrogens with zero attached hydrogens (tertiary/aromatic N) is 3. The highest BCUT2D eigenvalue weighted by Gasteiger charge is 2.36. The average Bonchev–Trinajstić information content (AvgIpc) is 3.07. The molecule has 0 bridgehead atoms. The van der Waals surface area contributed by atoms with E-state index < -0.39 is 10.0 Å². The minimum atomic E-state index is -3.10. The molecule has 1 aromatic rings. The largest absolute Gasteiger partial charge is 0.298 e. The smallest absolute Gasteiger partial charge is 0.214 e. The fourth-order valence-electron chi connectivity index (χ4n) is 2.43. The second kappa shape index (κ2) is 4.32. The Kier molecular flexibility index (Phi) is 2.91. The SMILES string of the molecule is CN1Cc2ccnn2[C@@H](CNS(=O)(=O)C2CC2)C1. The molecule has 2 aliphatic rings. The van der Waals surface area contributed by atoms with Gasteiger partial charge in [-0.3, -0.25) is 9.58 Å². The molecule has 0 unspecified atom stereocenters. The van der Waals surface area contributed by atoms with Crippen molar-refractivity contribution in [3.63, 3.8) is 0 Å². The van der Waals surface area contributed by atoms with Crippen molar-refractivity contribution in [1.82, 2.24) is 19.4 Å². The van der Waals surface area contributed by atoms with Crippen molar-refractivity contribution >= 4 is 10.0 Å². The second-order valence-electron chi connectivity index (χ2n) is 5.21. The van der Waals surface area contributed by atoms with Gasteiger partial charge in [0.05, 0.1) is 17.0 Å². The molecule has 1 aliphatic carbocycles. The number of hydrogen-bond acceptors (Lipinski definition) is 4. The lowest BCUT2D eigenvalue weighted by Gasteiger charge is -2.31. The van der Waals surface area contributed by atoms with Crippen LogP contribution in [0.2, 0.25) is 0 Å². The van der Waals surface area contributed by atoms with Crippen LogP contribution in [0.3, 0.4) is 0 Å². The molecule has 1 N–H and O–H groups in total. The molecule has 0 spiro atoms. The third-order valence-electron chi connectivity index (χ3n) is 3.54. The van der Waals surface area contributed by atoms with E-state index in [2.05, 4.69) is 14.7 Å². The molecule has 0 radical (unpaired) electrons. The van der Waals surface area contributed by atoms with Crippen LogP contribution in [-0.2, 0) is 16.6 Å². The normalized spacial score (nSPS) is 25.1. The van der Waals surface area contributed by atoms with Crippen LogP contribution in [-0.4, -0.2) is 48.5 Å². The molecule has 0 saturated heterocycles. The first kappa shape index (κ1) is 12.1. The van der Waals surface area contributed by atoms with Crippen LogP contribution < -0.4 is 4.72 Å². The van der Waals surface area contributed by atoms with Crippen molar-refractivity contribution in [1.29, 1.82) is 0 Å². The van der Waals surface area contributed by atoms with E-state index in [0.29, 0.717) is 6.54 Å². The predicted octanol–water partition coefficient (Wildman–Crippen LogP) is -0.0486. The van der Waals surface area contributed by atoms with Gasteiger partial charge < -0.3 is 0 Å². The first-order valence-electron chi connectivity index (χ1n) is 6.25. The van der Waals surface area contributed by atoms with Crippen LogP contribution in [0.5, 0.6) is 0 Å². The summed E-state index contributed by atoms with van der Waals surface area (Å²) < 4.78 is 28.3. The number of aromatic nitrogens is 2. The van der Waals surface area contributed by atoms with Crippen molar-refractivity contribution in [2.45, 2.75) is 30.7 Å². The standard InChI is InChI=1S/C11H18N4O2S/c1-14-7-9-4-5-12-15(9)10(8-14)6-13-18(16,17)11-2-3-11/h4-5,10-11,13H,2-3,6-8H2,1H3/t10-/m0/s1. The topological polar surface area (TPSA) is 67.2 Å². The van der Waals surface area contributed by atoms with Gasteiger partial charge in [0.1, 0.15) is 0 Å². The molecule has 100 valence electrons. The Morgan fingerprint density at radius 2 is 2.28 bits per heavy atom. The maximum absolute atomic E-state index is 11.8. The van der Waals surface area contributed by atoms with Gasteiger partial charge in [-0.25, -0.2) is 13.1 Å². The number of sulfonamides is 1. The highest BCUT2D eigenvalue weighted by Crippen LogP contribution is 2.27. The summed E-state index contributed by atoms with van der Waals surface area (Å²) in [6.07, 6.45) is 3.37. The van der Waals surface area contributed by atoms with E-state index in [1.165, 1.54) is 0 Å². The Balaban J connectivity index is 1.70. The lowest BCUT2D eigenvalue weighted by Crippen LogP contribution is -2.42. The Bertz CT molecular complexity index is 535. The molecule has 1 atom stereocenters. The molecular formula is C11H18N4O2S. The number of likely N-dealkylation sites (N-methyl/N-ethyl adjacent to an activating group) is 1. The highest BCUT2D eigenvalue weighted by molar-refractivity contribution is 7.90. The summed E-state index contributed by atoms with van der Waals surface area (Å²) >= 11 is 0. The van der Waals surface area contributed by atoms with Crippen LogP contribution in [0, 0.1) is 0 Å². The molecule has 1 fully saturated rings. The van der Waals surface area contributed by atoms with E-state index in [0.717, 1.165) is 31.6 Å². The number of fused-ring (bicyclic) bond motifs is 1. The summed E-state index contributed by atoms with van der Waals surface area (Å²) in [4.78, 5) is 2.19. The lowest BCUT2D eigenvalue weighted by molar-refractivity contribution is 0.210. The summed E-state index contributed by atoms with van der Waals surface area (Å²) in [6, 6.07) is 2.07. The van der Waals surface area contributed by atoms with Gasteiger partial charge >= 0.3 is 0 Å². The molecule has 0 amide bonds. The molecule has 0 aromatic carbocycles. The van der Waals surface area contributed by atoms with Crippen molar-refractivity contribution < 1.29 is 8.42 Å². The van der Waals surface area contributed by atoms with Gasteiger partial charge in [0, 0.05) is 25.8 Å². The quantitative estimate of drug-likeness (QED) is 0.833. The van der Waals surface area contributed by atoms with Crippen molar-refractivity contribution in [2.75, 3.05) is 20.1 Å². The van der Waals surface area contributed by atoms with Crippen LogP contribution in [0.15, 0.2) is 12.3 Å². The van der Waals surface area contributed by atoms with E-state index in [1.807, 2.05) is 17.8 Å². The van der Waals surface area contributed by atoms with Gasteiger partial charge in [-0.05, 0) is 26.0 Å². The Hall–Kier alpha value is -0.920. The van der Waals surface area contributed by atoms with Crippen molar-refractivity contribution in [3.8, 4) is 0 Å². The molecule has 3 rings (SSSR count). The zero-order valence-electron chi connectivity index (χ0n) is 10.4. The third kappa shape index (κ3) is 2.30. The number of hydrogen-bond donors (Lipinski definition) is 1. The van der Waals surface area contributed by atoms with Gasteiger partial charge in [0.15, 0.2) is 0 Å². The Morgan fingerprint density at radius 3 is 3.00 bits per heavy atom. The van der Waals surface area contributed by atoms with E-state index in [-0.39, 0.29) is 11.3 Å². The van der Waals surface area contributed by atoms with Crippen LogP contribution in [0.1, 0.15) is 24.6 Å². The lowest BCUT2D eigenvalue weighted by atomic mass is 10.2. The van der Waals surface area contributed by atoms with Gasteiger partial charge in [-0.2, -0.15) is 5.10 Å². The highest BCUT2D eigenvalue weighted by atomic mass is 32.2. The van der Waals surface area contributed by atoms with E-state index in [4.69, 9.17) is 0 Å². The minimum Gasteiger partial charge on any atom is -0.298 e. The second-order valence-corrected chi connectivity index (χ2v) is 7.26. The summed E-state index contributed by atoms with van der Waals surface area (Å²) in [7, 11) is -1.06. The van der Waals surface area contributed by atoms with Gasteiger partial charge in [0.2, 0.25) is 10.0 Å². The average molecular weight is 270 g/mol. The Morgan fingerprint density at radius 1 is 1.50 bits per heavy atom. The molecule has 1 aliphatic heterocycles. The minimum absolute atomic E-state index is 0.0854. The van der Waals surface area contributed by atoms with E-state index in [9.17, 15) is 8.42 Å². The van der Waals surface area contributed by atoms with Crippen molar-refractivity contribution in [3.05, 3.63) is 18.0 Å². The predicted molar refractivity (Wildman–Crippen MR) is 67.5 cm³/mol. The fraction of sp³-hybridized carbons (Fsp3) is 0.727. The van der Waals surface area contributed by atoms with E-state index >= 15 is 0 Å². The van der Waals surface area contributed by atoms with Gasteiger partial charge in [-0.1, -0.05) is 0 Å². The zero-order valence-corrected chi connectivity index (χ0v) is 11.2. The van der Waals surface area contributed by atoms with Crippen LogP contribution >= 0.6 is 0 Å². The molecule has 1 saturated carbocycles. The Labute approximate surface area is 107 Å². The molecule has 2 heterocycles. The van der Waals surface area contributed by atoms with Gasteiger partial charge in [-0.15, -0.1) is 0 Å². The summed E-state index contributed by atoms with van der Waals surface area (Å²) in [6.45, 7) is 2.12. The molecular weight excluding hydrogens is 252 g/mol. The zero-order chi connectivity index (χ0) is 12.8. The van der Waals surface area contributed by atoms with E-state index in [1.54, 1.807) is 6.20 Å². The van der Waals surface area contributed by atoms with Crippen molar-refractivity contribution in [2.24, 2.45) is 0 Å². The number of rotatable bonds is 4. The summed E-state index contributed by atoms with van der Waals surface area (Å²) in [5.41, 5.74) is 1.14. The molecule has 6 nitrogen and oxygen atoms in total. The fourth-order valence-corrected chi connectivity index (χ4v) is 3.85. The summed E-state index contributed by atoms with van der Waals surface area (Å²) in [5.74, 6) is 0.